The number of piperidine rings is 1. The minimum absolute atomic E-state index is 0.0847. The highest BCUT2D eigenvalue weighted by molar-refractivity contribution is 7.99. The largest absolute Gasteiger partial charge is 0.343 e. The summed E-state index contributed by atoms with van der Waals surface area (Å²) in [5, 5.41) is 0.703. The maximum absolute atomic E-state index is 12.9. The average Bonchev–Trinajstić information content (AvgIpc) is 3.21. The minimum atomic E-state index is 0.0847. The zero-order valence-electron chi connectivity index (χ0n) is 16.6. The molecule has 2 aliphatic rings. The Balaban J connectivity index is 1.42. The normalized spacial score (nSPS) is 23.4. The van der Waals surface area contributed by atoms with E-state index in [-0.39, 0.29) is 17.7 Å². The molecule has 2 fully saturated rings. The summed E-state index contributed by atoms with van der Waals surface area (Å²) in [6, 6.07) is 10.6. The fraction of sp³-hybridized carbons (Fsp3) is 0.636. The lowest BCUT2D eigenvalue weighted by atomic mass is 9.94. The van der Waals surface area contributed by atoms with Crippen molar-refractivity contribution in [1.82, 2.24) is 9.80 Å². The average molecular weight is 389 g/mol. The van der Waals surface area contributed by atoms with Crippen LogP contribution < -0.4 is 0 Å². The van der Waals surface area contributed by atoms with Gasteiger partial charge in [-0.25, -0.2) is 0 Å². The summed E-state index contributed by atoms with van der Waals surface area (Å²) in [4.78, 5) is 29.3. The third kappa shape index (κ3) is 5.28. The summed E-state index contributed by atoms with van der Waals surface area (Å²) in [6.45, 7) is 1.44. The molecule has 0 radical (unpaired) electrons. The van der Waals surface area contributed by atoms with Crippen LogP contribution >= 0.6 is 11.8 Å². The highest BCUT2D eigenvalue weighted by Gasteiger charge is 2.34. The lowest BCUT2D eigenvalue weighted by molar-refractivity contribution is -0.141. The van der Waals surface area contributed by atoms with Gasteiger partial charge in [-0.1, -0.05) is 30.3 Å². The second-order valence-electron chi connectivity index (χ2n) is 7.91. The Hall–Kier alpha value is -1.49. The number of nitrogens with zero attached hydrogens (tertiary/aromatic N) is 2. The van der Waals surface area contributed by atoms with Crippen LogP contribution in [-0.2, 0) is 16.0 Å². The maximum atomic E-state index is 12.9. The molecule has 1 saturated carbocycles. The van der Waals surface area contributed by atoms with E-state index < -0.39 is 0 Å². The summed E-state index contributed by atoms with van der Waals surface area (Å²) in [7, 11) is 1.98. The minimum Gasteiger partial charge on any atom is -0.343 e. The van der Waals surface area contributed by atoms with Gasteiger partial charge in [0, 0.05) is 43.8 Å². The van der Waals surface area contributed by atoms with Crippen molar-refractivity contribution in [2.24, 2.45) is 5.92 Å². The number of likely N-dealkylation sites (tertiary alicyclic amines) is 1. The molecule has 0 aromatic heterocycles. The molecule has 1 heterocycles. The molecule has 2 amide bonds. The standard InChI is InChI=1S/C22H32N2O2S/c1-23(19-9-10-20(16-19)27-2)22(26)18-12-14-24(15-13-18)21(25)11-8-17-6-4-3-5-7-17/h3-7,18-20H,8-16H2,1-2H3/t19-,20+/m1/s1. The van der Waals surface area contributed by atoms with E-state index in [0.717, 1.165) is 45.2 Å². The first-order valence-corrected chi connectivity index (χ1v) is 11.5. The smallest absolute Gasteiger partial charge is 0.225 e. The van der Waals surface area contributed by atoms with Crippen molar-refractivity contribution >= 4 is 23.6 Å². The number of carbonyl (C=O) groups excluding carboxylic acids is 2. The van der Waals surface area contributed by atoms with Gasteiger partial charge in [-0.3, -0.25) is 9.59 Å². The van der Waals surface area contributed by atoms with Crippen molar-refractivity contribution in [1.29, 1.82) is 0 Å². The molecule has 0 N–H and O–H groups in total. The number of hydrogen-bond donors (Lipinski definition) is 0. The zero-order chi connectivity index (χ0) is 19.2. The predicted octanol–water partition coefficient (Wildman–Crippen LogP) is 3.60. The fourth-order valence-electron chi connectivity index (χ4n) is 4.38. The molecule has 1 aromatic rings. The second-order valence-corrected chi connectivity index (χ2v) is 9.05. The first-order chi connectivity index (χ1) is 13.1. The molecular formula is C22H32N2O2S. The van der Waals surface area contributed by atoms with Crippen LogP contribution in [-0.4, -0.2) is 59.3 Å². The van der Waals surface area contributed by atoms with Gasteiger partial charge in [0.05, 0.1) is 0 Å². The van der Waals surface area contributed by atoms with Crippen LogP contribution in [0, 0.1) is 5.92 Å². The van der Waals surface area contributed by atoms with Crippen molar-refractivity contribution in [3.63, 3.8) is 0 Å². The Labute approximate surface area is 167 Å². The predicted molar refractivity (Wildman–Crippen MR) is 112 cm³/mol. The summed E-state index contributed by atoms with van der Waals surface area (Å²) < 4.78 is 0. The van der Waals surface area contributed by atoms with Crippen molar-refractivity contribution in [2.75, 3.05) is 26.4 Å². The number of carbonyl (C=O) groups is 2. The van der Waals surface area contributed by atoms with Gasteiger partial charge >= 0.3 is 0 Å². The highest BCUT2D eigenvalue weighted by Crippen LogP contribution is 2.32. The molecule has 1 aliphatic carbocycles. The van der Waals surface area contributed by atoms with Gasteiger partial charge < -0.3 is 9.80 Å². The van der Waals surface area contributed by atoms with E-state index in [4.69, 9.17) is 0 Å². The Kier molecular flexibility index (Phi) is 7.22. The molecule has 1 aliphatic heterocycles. The molecule has 0 unspecified atom stereocenters. The Morgan fingerprint density at radius 3 is 2.44 bits per heavy atom. The third-order valence-corrected chi connectivity index (χ3v) is 7.35. The Bertz CT molecular complexity index is 628. The Morgan fingerprint density at radius 2 is 1.81 bits per heavy atom. The van der Waals surface area contributed by atoms with E-state index in [0.29, 0.717) is 17.7 Å². The molecule has 0 bridgehead atoms. The monoisotopic (exact) mass is 388 g/mol. The molecule has 148 valence electrons. The first-order valence-electron chi connectivity index (χ1n) is 10.2. The summed E-state index contributed by atoms with van der Waals surface area (Å²) >= 11 is 1.93. The molecule has 5 heteroatoms. The van der Waals surface area contributed by atoms with Crippen LogP contribution in [0.5, 0.6) is 0 Å². The molecule has 27 heavy (non-hydrogen) atoms. The number of benzene rings is 1. The fourth-order valence-corrected chi connectivity index (χ4v) is 5.17. The van der Waals surface area contributed by atoms with Crippen LogP contribution in [0.4, 0.5) is 0 Å². The molecule has 1 saturated heterocycles. The number of amides is 2. The van der Waals surface area contributed by atoms with Crippen molar-refractivity contribution in [2.45, 2.75) is 56.2 Å². The van der Waals surface area contributed by atoms with Crippen LogP contribution in [0.1, 0.15) is 44.1 Å². The van der Waals surface area contributed by atoms with Crippen LogP contribution in [0.25, 0.3) is 0 Å². The van der Waals surface area contributed by atoms with Crippen molar-refractivity contribution in [3.8, 4) is 0 Å². The topological polar surface area (TPSA) is 40.6 Å². The van der Waals surface area contributed by atoms with E-state index in [9.17, 15) is 9.59 Å². The number of thioether (sulfide) groups is 1. The maximum Gasteiger partial charge on any atom is 0.225 e. The summed E-state index contributed by atoms with van der Waals surface area (Å²) in [6.07, 6.45) is 8.60. The quantitative estimate of drug-likeness (QED) is 0.748. The van der Waals surface area contributed by atoms with Crippen molar-refractivity contribution < 1.29 is 9.59 Å². The molecule has 2 atom stereocenters. The van der Waals surface area contributed by atoms with E-state index in [1.54, 1.807) is 0 Å². The van der Waals surface area contributed by atoms with Gasteiger partial charge in [-0.2, -0.15) is 11.8 Å². The van der Waals surface area contributed by atoms with Gasteiger partial charge in [0.25, 0.3) is 0 Å². The molecule has 3 rings (SSSR count). The van der Waals surface area contributed by atoms with E-state index in [1.807, 2.05) is 46.8 Å². The molecular weight excluding hydrogens is 356 g/mol. The number of rotatable bonds is 6. The van der Waals surface area contributed by atoms with Crippen LogP contribution in [0.15, 0.2) is 30.3 Å². The van der Waals surface area contributed by atoms with Gasteiger partial charge in [-0.15, -0.1) is 0 Å². The first kappa shape index (κ1) is 20.2. The lowest BCUT2D eigenvalue weighted by Gasteiger charge is -2.35. The van der Waals surface area contributed by atoms with Gasteiger partial charge in [0.2, 0.25) is 11.8 Å². The highest BCUT2D eigenvalue weighted by atomic mass is 32.2. The van der Waals surface area contributed by atoms with E-state index >= 15 is 0 Å². The van der Waals surface area contributed by atoms with Gasteiger partial charge in [0.15, 0.2) is 0 Å². The van der Waals surface area contributed by atoms with Gasteiger partial charge in [-0.05, 0) is 50.3 Å². The van der Waals surface area contributed by atoms with Crippen LogP contribution in [0.3, 0.4) is 0 Å². The Morgan fingerprint density at radius 1 is 1.11 bits per heavy atom. The van der Waals surface area contributed by atoms with E-state index in [1.165, 1.54) is 12.0 Å². The third-order valence-electron chi connectivity index (χ3n) is 6.25. The number of aryl methyl sites for hydroxylation is 1. The van der Waals surface area contributed by atoms with Crippen molar-refractivity contribution in [3.05, 3.63) is 35.9 Å². The SMILES string of the molecule is CS[C@H]1CC[C@@H](N(C)C(=O)C2CCN(C(=O)CCc3ccccc3)CC2)C1. The molecule has 4 nitrogen and oxygen atoms in total. The van der Waals surface area contributed by atoms with E-state index in [2.05, 4.69) is 18.4 Å². The lowest BCUT2D eigenvalue weighted by Crippen LogP contribution is -2.45. The number of hydrogen-bond acceptors (Lipinski definition) is 3. The summed E-state index contributed by atoms with van der Waals surface area (Å²) in [5.74, 6) is 0.594. The van der Waals surface area contributed by atoms with Gasteiger partial charge in [0.1, 0.15) is 0 Å². The summed E-state index contributed by atoms with van der Waals surface area (Å²) in [5.41, 5.74) is 1.21. The van der Waals surface area contributed by atoms with Crippen LogP contribution in [0.2, 0.25) is 0 Å². The zero-order valence-corrected chi connectivity index (χ0v) is 17.4. The molecule has 0 spiro atoms. The second kappa shape index (κ2) is 9.63. The molecule has 1 aromatic carbocycles.